The first kappa shape index (κ1) is 14.9. The molecule has 1 rings (SSSR count). The number of benzene rings is 1. The molecule has 0 aliphatic carbocycles. The molecule has 0 spiro atoms. The second kappa shape index (κ2) is 8.83. The summed E-state index contributed by atoms with van der Waals surface area (Å²) in [6.07, 6.45) is 0. The second-order valence-electron chi connectivity index (χ2n) is 3.78. The SMILES string of the molecule is COC[C@@H](C)N=C(N)SCCOc1ccccc1. The number of rotatable bonds is 7. The van der Waals surface area contributed by atoms with Crippen molar-refractivity contribution in [1.29, 1.82) is 0 Å². The van der Waals surface area contributed by atoms with E-state index in [1.54, 1.807) is 7.11 Å². The van der Waals surface area contributed by atoms with Crippen molar-refractivity contribution in [3.63, 3.8) is 0 Å². The van der Waals surface area contributed by atoms with Gasteiger partial charge in [-0.1, -0.05) is 30.0 Å². The summed E-state index contributed by atoms with van der Waals surface area (Å²) in [7, 11) is 1.66. The molecule has 0 aliphatic rings. The minimum atomic E-state index is 0.0949. The fraction of sp³-hybridized carbons (Fsp3) is 0.462. The maximum Gasteiger partial charge on any atom is 0.154 e. The number of nitrogens with two attached hydrogens (primary N) is 1. The predicted octanol–water partition coefficient (Wildman–Crippen LogP) is 2.15. The Morgan fingerprint density at radius 1 is 1.39 bits per heavy atom. The maximum atomic E-state index is 5.79. The molecule has 0 aliphatic heterocycles. The molecular formula is C13H20N2O2S. The summed E-state index contributed by atoms with van der Waals surface area (Å²) in [5, 5.41) is 0.580. The molecule has 0 amide bonds. The third-order valence-electron chi connectivity index (χ3n) is 2.10. The van der Waals surface area contributed by atoms with Gasteiger partial charge in [-0.25, -0.2) is 0 Å². The lowest BCUT2D eigenvalue weighted by atomic mass is 10.3. The molecule has 0 bridgehead atoms. The van der Waals surface area contributed by atoms with Crippen LogP contribution in [0.4, 0.5) is 0 Å². The van der Waals surface area contributed by atoms with Gasteiger partial charge in [-0.3, -0.25) is 4.99 Å². The number of amidine groups is 1. The highest BCUT2D eigenvalue weighted by Crippen LogP contribution is 2.09. The Balaban J connectivity index is 2.17. The average Bonchev–Trinajstić information content (AvgIpc) is 2.36. The van der Waals surface area contributed by atoms with E-state index in [4.69, 9.17) is 15.2 Å². The standard InChI is InChI=1S/C13H20N2O2S/c1-11(10-16-2)15-13(14)18-9-8-17-12-6-4-3-5-7-12/h3-7,11H,8-10H2,1-2H3,(H2,14,15)/t11-/m1/s1. The quantitative estimate of drug-likeness (QED) is 0.468. The van der Waals surface area contributed by atoms with Gasteiger partial charge in [0.1, 0.15) is 5.75 Å². The van der Waals surface area contributed by atoms with Crippen LogP contribution in [0.15, 0.2) is 35.3 Å². The van der Waals surface area contributed by atoms with Crippen molar-refractivity contribution in [1.82, 2.24) is 0 Å². The van der Waals surface area contributed by atoms with E-state index in [9.17, 15) is 0 Å². The van der Waals surface area contributed by atoms with Gasteiger partial charge in [0.2, 0.25) is 0 Å². The number of hydrogen-bond donors (Lipinski definition) is 1. The van der Waals surface area contributed by atoms with Crippen LogP contribution in [0.1, 0.15) is 6.92 Å². The van der Waals surface area contributed by atoms with Crippen LogP contribution in [0.2, 0.25) is 0 Å². The van der Waals surface area contributed by atoms with Crippen LogP contribution in [0.5, 0.6) is 5.75 Å². The third kappa shape index (κ3) is 6.51. The van der Waals surface area contributed by atoms with Crippen molar-refractivity contribution < 1.29 is 9.47 Å². The van der Waals surface area contributed by atoms with Crippen LogP contribution >= 0.6 is 11.8 Å². The smallest absolute Gasteiger partial charge is 0.154 e. The van der Waals surface area contributed by atoms with E-state index < -0.39 is 0 Å². The first-order chi connectivity index (χ1) is 8.72. The monoisotopic (exact) mass is 268 g/mol. The summed E-state index contributed by atoms with van der Waals surface area (Å²) >= 11 is 1.50. The van der Waals surface area contributed by atoms with Gasteiger partial charge in [-0.05, 0) is 19.1 Å². The van der Waals surface area contributed by atoms with Gasteiger partial charge in [-0.15, -0.1) is 0 Å². The zero-order chi connectivity index (χ0) is 13.2. The van der Waals surface area contributed by atoms with E-state index in [1.807, 2.05) is 37.3 Å². The summed E-state index contributed by atoms with van der Waals surface area (Å²) in [5.74, 6) is 1.66. The zero-order valence-electron chi connectivity index (χ0n) is 10.8. The molecule has 0 saturated heterocycles. The van der Waals surface area contributed by atoms with Crippen molar-refractivity contribution in [3.8, 4) is 5.75 Å². The molecule has 0 heterocycles. The number of ether oxygens (including phenoxy) is 2. The third-order valence-corrected chi connectivity index (χ3v) is 2.87. The van der Waals surface area contributed by atoms with Crippen LogP contribution in [0.3, 0.4) is 0 Å². The molecule has 5 heteroatoms. The highest BCUT2D eigenvalue weighted by molar-refractivity contribution is 8.13. The average molecular weight is 268 g/mol. The Morgan fingerprint density at radius 2 is 2.11 bits per heavy atom. The number of hydrogen-bond acceptors (Lipinski definition) is 4. The number of methoxy groups -OCH3 is 1. The number of para-hydroxylation sites is 1. The molecule has 1 aromatic carbocycles. The number of nitrogens with zero attached hydrogens (tertiary/aromatic N) is 1. The molecule has 18 heavy (non-hydrogen) atoms. The van der Waals surface area contributed by atoms with E-state index in [-0.39, 0.29) is 6.04 Å². The van der Waals surface area contributed by atoms with E-state index in [0.29, 0.717) is 18.4 Å². The van der Waals surface area contributed by atoms with Crippen molar-refractivity contribution >= 4 is 16.9 Å². The molecular weight excluding hydrogens is 248 g/mol. The first-order valence-corrected chi connectivity index (χ1v) is 6.83. The van der Waals surface area contributed by atoms with Crippen molar-refractivity contribution in [3.05, 3.63) is 30.3 Å². The van der Waals surface area contributed by atoms with Crippen LogP contribution in [0, 0.1) is 0 Å². The van der Waals surface area contributed by atoms with Crippen LogP contribution in [-0.4, -0.2) is 37.3 Å². The van der Waals surface area contributed by atoms with Crippen molar-refractivity contribution in [2.75, 3.05) is 26.1 Å². The number of aliphatic imine (C=N–C) groups is 1. The normalized spacial score (nSPS) is 13.3. The molecule has 100 valence electrons. The molecule has 0 unspecified atom stereocenters. The second-order valence-corrected chi connectivity index (χ2v) is 4.90. The highest BCUT2D eigenvalue weighted by Gasteiger charge is 2.00. The molecule has 0 radical (unpaired) electrons. The Bertz CT molecular complexity index is 357. The van der Waals surface area contributed by atoms with Gasteiger partial charge < -0.3 is 15.2 Å². The fourth-order valence-electron chi connectivity index (χ4n) is 1.36. The topological polar surface area (TPSA) is 56.8 Å². The lowest BCUT2D eigenvalue weighted by Crippen LogP contribution is -2.16. The van der Waals surface area contributed by atoms with Gasteiger partial charge in [-0.2, -0.15) is 0 Å². The van der Waals surface area contributed by atoms with E-state index in [0.717, 1.165) is 11.5 Å². The Labute approximate surface area is 113 Å². The van der Waals surface area contributed by atoms with E-state index >= 15 is 0 Å². The lowest BCUT2D eigenvalue weighted by molar-refractivity contribution is 0.186. The van der Waals surface area contributed by atoms with Gasteiger partial charge in [0.05, 0.1) is 19.3 Å². The zero-order valence-corrected chi connectivity index (χ0v) is 11.7. The van der Waals surface area contributed by atoms with Gasteiger partial charge >= 0.3 is 0 Å². The predicted molar refractivity (Wildman–Crippen MR) is 77.4 cm³/mol. The highest BCUT2D eigenvalue weighted by atomic mass is 32.2. The fourth-order valence-corrected chi connectivity index (χ4v) is 1.99. The van der Waals surface area contributed by atoms with Crippen LogP contribution in [-0.2, 0) is 4.74 Å². The largest absolute Gasteiger partial charge is 0.493 e. The van der Waals surface area contributed by atoms with Crippen LogP contribution in [0.25, 0.3) is 0 Å². The molecule has 1 atom stereocenters. The first-order valence-electron chi connectivity index (χ1n) is 5.85. The lowest BCUT2D eigenvalue weighted by Gasteiger charge is -2.07. The Kier molecular flexibility index (Phi) is 7.29. The van der Waals surface area contributed by atoms with E-state index in [1.165, 1.54) is 11.8 Å². The summed E-state index contributed by atoms with van der Waals surface area (Å²) in [6.45, 7) is 3.17. The summed E-state index contributed by atoms with van der Waals surface area (Å²) in [4.78, 5) is 4.29. The summed E-state index contributed by atoms with van der Waals surface area (Å²) in [5.41, 5.74) is 5.79. The van der Waals surface area contributed by atoms with Gasteiger partial charge in [0.25, 0.3) is 0 Å². The number of thioether (sulfide) groups is 1. The molecule has 0 saturated carbocycles. The van der Waals surface area contributed by atoms with Crippen molar-refractivity contribution in [2.45, 2.75) is 13.0 Å². The van der Waals surface area contributed by atoms with Crippen LogP contribution < -0.4 is 10.5 Å². The minimum absolute atomic E-state index is 0.0949. The Morgan fingerprint density at radius 3 is 2.78 bits per heavy atom. The minimum Gasteiger partial charge on any atom is -0.493 e. The molecule has 2 N–H and O–H groups in total. The van der Waals surface area contributed by atoms with Gasteiger partial charge in [0, 0.05) is 12.9 Å². The Hall–Kier alpha value is -1.20. The molecule has 1 aromatic rings. The molecule has 0 fully saturated rings. The van der Waals surface area contributed by atoms with Gasteiger partial charge in [0.15, 0.2) is 5.17 Å². The summed E-state index contributed by atoms with van der Waals surface area (Å²) in [6, 6.07) is 9.82. The van der Waals surface area contributed by atoms with Crippen molar-refractivity contribution in [2.24, 2.45) is 10.7 Å². The maximum absolute atomic E-state index is 5.79. The molecule has 4 nitrogen and oxygen atoms in total. The summed E-state index contributed by atoms with van der Waals surface area (Å²) < 4.78 is 10.5. The molecule has 0 aromatic heterocycles. The van der Waals surface area contributed by atoms with E-state index in [2.05, 4.69) is 4.99 Å².